The number of hydrogen-bond acceptors (Lipinski definition) is 3. The van der Waals surface area contributed by atoms with Gasteiger partial charge in [-0.05, 0) is 42.0 Å². The maximum atomic E-state index is 11.8. The highest BCUT2D eigenvalue weighted by Gasteiger charge is 2.05. The Morgan fingerprint density at radius 3 is 2.33 bits per heavy atom. The Morgan fingerprint density at radius 1 is 1.05 bits per heavy atom. The fourth-order valence-corrected chi connectivity index (χ4v) is 1.95. The number of hydrogen-bond donors (Lipinski definition) is 0. The molecule has 2 rings (SSSR count). The van der Waals surface area contributed by atoms with E-state index in [4.69, 9.17) is 21.1 Å². The van der Waals surface area contributed by atoms with Crippen LogP contribution in [-0.2, 0) is 11.3 Å². The van der Waals surface area contributed by atoms with E-state index in [0.717, 1.165) is 11.3 Å². The van der Waals surface area contributed by atoms with Gasteiger partial charge in [0.15, 0.2) is 5.78 Å². The Bertz CT molecular complexity index is 576. The minimum atomic E-state index is 0.0705. The molecule has 0 unspecified atom stereocenters. The second-order valence-corrected chi connectivity index (χ2v) is 5.04. The highest BCUT2D eigenvalue weighted by atomic mass is 35.5. The standard InChI is InChI=1S/C17H17ClO3/c1-20-11-10-17(19)14-4-8-16(9-5-14)21-12-13-2-6-15(18)7-3-13/h2-9H,10-12H2,1H3. The van der Waals surface area contributed by atoms with Crippen molar-refractivity contribution in [3.05, 3.63) is 64.7 Å². The van der Waals surface area contributed by atoms with Crippen LogP contribution in [0.3, 0.4) is 0 Å². The van der Waals surface area contributed by atoms with Crippen molar-refractivity contribution in [3.8, 4) is 5.75 Å². The summed E-state index contributed by atoms with van der Waals surface area (Å²) in [6.07, 6.45) is 0.390. The van der Waals surface area contributed by atoms with E-state index in [-0.39, 0.29) is 5.78 Å². The van der Waals surface area contributed by atoms with Crippen LogP contribution in [-0.4, -0.2) is 19.5 Å². The van der Waals surface area contributed by atoms with Crippen LogP contribution >= 0.6 is 11.6 Å². The van der Waals surface area contributed by atoms with Crippen LogP contribution < -0.4 is 4.74 Å². The third-order valence-corrected chi connectivity index (χ3v) is 3.28. The number of methoxy groups -OCH3 is 1. The molecule has 4 heteroatoms. The predicted octanol–water partition coefficient (Wildman–Crippen LogP) is 4.14. The second kappa shape index (κ2) is 7.81. The van der Waals surface area contributed by atoms with Gasteiger partial charge in [0, 0.05) is 24.1 Å². The van der Waals surface area contributed by atoms with Crippen LogP contribution in [0.15, 0.2) is 48.5 Å². The second-order valence-electron chi connectivity index (χ2n) is 4.61. The maximum absolute atomic E-state index is 11.8. The molecule has 0 aliphatic rings. The molecule has 2 aromatic rings. The van der Waals surface area contributed by atoms with Crippen molar-refractivity contribution in [2.75, 3.05) is 13.7 Å². The average molecular weight is 305 g/mol. The molecular weight excluding hydrogens is 288 g/mol. The van der Waals surface area contributed by atoms with Gasteiger partial charge in [0.25, 0.3) is 0 Å². The molecule has 0 saturated carbocycles. The van der Waals surface area contributed by atoms with Crippen LogP contribution in [0.1, 0.15) is 22.3 Å². The van der Waals surface area contributed by atoms with E-state index in [2.05, 4.69) is 0 Å². The van der Waals surface area contributed by atoms with Crippen LogP contribution in [0, 0.1) is 0 Å². The number of rotatable bonds is 7. The molecule has 0 aromatic heterocycles. The first-order valence-corrected chi connectivity index (χ1v) is 7.06. The Balaban J connectivity index is 1.90. The van der Waals surface area contributed by atoms with Crippen LogP contribution in [0.4, 0.5) is 0 Å². The number of ether oxygens (including phenoxy) is 2. The molecule has 0 amide bonds. The van der Waals surface area contributed by atoms with Gasteiger partial charge < -0.3 is 9.47 Å². The van der Waals surface area contributed by atoms with E-state index in [9.17, 15) is 4.79 Å². The van der Waals surface area contributed by atoms with E-state index in [0.29, 0.717) is 30.2 Å². The SMILES string of the molecule is COCCC(=O)c1ccc(OCc2ccc(Cl)cc2)cc1. The van der Waals surface area contributed by atoms with Crippen molar-refractivity contribution in [3.63, 3.8) is 0 Å². The summed E-state index contributed by atoms with van der Waals surface area (Å²) in [6, 6.07) is 14.7. The van der Waals surface area contributed by atoms with Crippen molar-refractivity contribution in [2.45, 2.75) is 13.0 Å². The van der Waals surface area contributed by atoms with Gasteiger partial charge >= 0.3 is 0 Å². The lowest BCUT2D eigenvalue weighted by Gasteiger charge is -2.07. The zero-order valence-electron chi connectivity index (χ0n) is 11.8. The number of carbonyl (C=O) groups is 1. The van der Waals surface area contributed by atoms with Crippen LogP contribution in [0.2, 0.25) is 5.02 Å². The van der Waals surface area contributed by atoms with Crippen LogP contribution in [0.25, 0.3) is 0 Å². The van der Waals surface area contributed by atoms with Gasteiger partial charge in [-0.1, -0.05) is 23.7 Å². The number of halogens is 1. The molecule has 0 spiro atoms. The highest BCUT2D eigenvalue weighted by Crippen LogP contribution is 2.16. The third-order valence-electron chi connectivity index (χ3n) is 3.03. The van der Waals surface area contributed by atoms with Gasteiger partial charge in [0.05, 0.1) is 6.61 Å². The Hall–Kier alpha value is -1.84. The minimum Gasteiger partial charge on any atom is -0.489 e. The predicted molar refractivity (Wildman–Crippen MR) is 83.0 cm³/mol. The molecule has 21 heavy (non-hydrogen) atoms. The monoisotopic (exact) mass is 304 g/mol. The number of ketones is 1. The largest absolute Gasteiger partial charge is 0.489 e. The summed E-state index contributed by atoms with van der Waals surface area (Å²) in [7, 11) is 1.58. The molecule has 0 bridgehead atoms. The fraction of sp³-hybridized carbons (Fsp3) is 0.235. The van der Waals surface area contributed by atoms with Crippen molar-refractivity contribution in [1.29, 1.82) is 0 Å². The summed E-state index contributed by atoms with van der Waals surface area (Å²) in [5.41, 5.74) is 1.71. The highest BCUT2D eigenvalue weighted by molar-refractivity contribution is 6.30. The molecule has 2 aromatic carbocycles. The maximum Gasteiger partial charge on any atom is 0.165 e. The molecular formula is C17H17ClO3. The Morgan fingerprint density at radius 2 is 1.71 bits per heavy atom. The molecule has 0 fully saturated rings. The summed E-state index contributed by atoms with van der Waals surface area (Å²) >= 11 is 5.83. The first-order valence-electron chi connectivity index (χ1n) is 6.68. The lowest BCUT2D eigenvalue weighted by Crippen LogP contribution is -2.03. The molecule has 0 aliphatic heterocycles. The topological polar surface area (TPSA) is 35.5 Å². The molecule has 0 N–H and O–H groups in total. The van der Waals surface area contributed by atoms with Gasteiger partial charge in [-0.3, -0.25) is 4.79 Å². The Kier molecular flexibility index (Phi) is 5.78. The lowest BCUT2D eigenvalue weighted by atomic mass is 10.1. The van der Waals surface area contributed by atoms with E-state index in [1.54, 1.807) is 31.4 Å². The first-order chi connectivity index (χ1) is 10.2. The van der Waals surface area contributed by atoms with Crippen LogP contribution in [0.5, 0.6) is 5.75 Å². The van der Waals surface area contributed by atoms with Crippen molar-refractivity contribution >= 4 is 17.4 Å². The van der Waals surface area contributed by atoms with Gasteiger partial charge in [0.1, 0.15) is 12.4 Å². The first kappa shape index (κ1) is 15.5. The molecule has 0 radical (unpaired) electrons. The number of benzene rings is 2. The van der Waals surface area contributed by atoms with E-state index >= 15 is 0 Å². The normalized spacial score (nSPS) is 10.4. The van der Waals surface area contributed by atoms with Gasteiger partial charge in [0.2, 0.25) is 0 Å². The van der Waals surface area contributed by atoms with E-state index in [1.807, 2.05) is 24.3 Å². The summed E-state index contributed by atoms with van der Waals surface area (Å²) in [5, 5.41) is 0.706. The zero-order valence-corrected chi connectivity index (χ0v) is 12.6. The lowest BCUT2D eigenvalue weighted by molar-refractivity contribution is 0.0932. The van der Waals surface area contributed by atoms with Gasteiger partial charge in [-0.2, -0.15) is 0 Å². The van der Waals surface area contributed by atoms with E-state index in [1.165, 1.54) is 0 Å². The molecule has 0 saturated heterocycles. The van der Waals surface area contributed by atoms with E-state index < -0.39 is 0 Å². The fourth-order valence-electron chi connectivity index (χ4n) is 1.82. The Labute approximate surface area is 129 Å². The molecule has 0 aliphatic carbocycles. The summed E-state index contributed by atoms with van der Waals surface area (Å²) in [4.78, 5) is 11.8. The zero-order chi connectivity index (χ0) is 15.1. The molecule has 0 heterocycles. The van der Waals surface area contributed by atoms with Gasteiger partial charge in [-0.25, -0.2) is 0 Å². The summed E-state index contributed by atoms with van der Waals surface area (Å²) in [5.74, 6) is 0.800. The van der Waals surface area contributed by atoms with Crippen molar-refractivity contribution in [1.82, 2.24) is 0 Å². The van der Waals surface area contributed by atoms with Gasteiger partial charge in [-0.15, -0.1) is 0 Å². The minimum absolute atomic E-state index is 0.0705. The quantitative estimate of drug-likeness (QED) is 0.721. The van der Waals surface area contributed by atoms with Crippen molar-refractivity contribution < 1.29 is 14.3 Å². The third kappa shape index (κ3) is 4.88. The average Bonchev–Trinajstić information content (AvgIpc) is 2.52. The number of Topliss-reactive ketones (excluding diaryl/α,β-unsaturated/α-hetero) is 1. The molecule has 110 valence electrons. The smallest absolute Gasteiger partial charge is 0.165 e. The number of carbonyl (C=O) groups excluding carboxylic acids is 1. The molecule has 3 nitrogen and oxygen atoms in total. The van der Waals surface area contributed by atoms with Crippen molar-refractivity contribution in [2.24, 2.45) is 0 Å². The molecule has 0 atom stereocenters. The summed E-state index contributed by atoms with van der Waals surface area (Å²) < 4.78 is 10.6. The summed E-state index contributed by atoms with van der Waals surface area (Å²) in [6.45, 7) is 0.905.